The van der Waals surface area contributed by atoms with E-state index in [1.807, 2.05) is 24.3 Å². The van der Waals surface area contributed by atoms with Crippen molar-refractivity contribution in [2.45, 2.75) is 18.4 Å². The molecule has 1 aliphatic carbocycles. The zero-order valence-electron chi connectivity index (χ0n) is 10.7. The molecule has 0 radical (unpaired) electrons. The van der Waals surface area contributed by atoms with Gasteiger partial charge in [0.1, 0.15) is 5.75 Å². The van der Waals surface area contributed by atoms with Crippen molar-refractivity contribution in [2.75, 3.05) is 7.11 Å². The second kappa shape index (κ2) is 4.55. The summed E-state index contributed by atoms with van der Waals surface area (Å²) in [7, 11) is 1.58. The van der Waals surface area contributed by atoms with Crippen molar-refractivity contribution in [2.24, 2.45) is 0 Å². The molecule has 1 aliphatic rings. The minimum atomic E-state index is -0.860. The van der Waals surface area contributed by atoms with E-state index in [0.717, 1.165) is 5.56 Å². The van der Waals surface area contributed by atoms with E-state index in [4.69, 9.17) is 16.3 Å². The van der Waals surface area contributed by atoms with Crippen LogP contribution < -0.4 is 4.74 Å². The number of aliphatic hydroxyl groups is 1. The van der Waals surface area contributed by atoms with Crippen molar-refractivity contribution in [3.63, 3.8) is 0 Å². The molecule has 0 fully saturated rings. The number of methoxy groups -OCH3 is 1. The number of rotatable bonds is 2. The lowest BCUT2D eigenvalue weighted by Gasteiger charge is -2.23. The lowest BCUT2D eigenvalue weighted by atomic mass is 9.91. The van der Waals surface area contributed by atoms with Gasteiger partial charge in [-0.05, 0) is 28.8 Å². The van der Waals surface area contributed by atoms with Gasteiger partial charge >= 0.3 is 0 Å². The predicted molar refractivity (Wildman–Crippen MR) is 75.8 cm³/mol. The van der Waals surface area contributed by atoms with Gasteiger partial charge in [-0.15, -0.1) is 0 Å². The van der Waals surface area contributed by atoms with Gasteiger partial charge in [-0.1, -0.05) is 41.9 Å². The van der Waals surface area contributed by atoms with Crippen LogP contribution in [-0.2, 0) is 18.4 Å². The van der Waals surface area contributed by atoms with Gasteiger partial charge in [-0.2, -0.15) is 0 Å². The highest BCUT2D eigenvalue weighted by Gasteiger charge is 2.36. The maximum atomic E-state index is 10.9. The van der Waals surface area contributed by atoms with E-state index in [2.05, 4.69) is 12.1 Å². The smallest absolute Gasteiger partial charge is 0.137 e. The van der Waals surface area contributed by atoms with E-state index in [1.165, 1.54) is 11.1 Å². The number of fused-ring (bicyclic) bond motifs is 1. The standard InChI is InChI=1S/C16H15ClO2/c1-19-15-8-13(6-7-14(15)17)16(18)9-11-4-2-3-5-12(11)10-16/h2-8,18H,9-10H2,1H3. The third-order valence-electron chi connectivity index (χ3n) is 3.77. The number of halogens is 1. The van der Waals surface area contributed by atoms with E-state index >= 15 is 0 Å². The SMILES string of the molecule is COc1cc(C2(O)Cc3ccccc3C2)ccc1Cl. The normalized spacial score (nSPS) is 16.2. The lowest BCUT2D eigenvalue weighted by Crippen LogP contribution is -2.26. The largest absolute Gasteiger partial charge is 0.495 e. The first-order valence-corrected chi connectivity index (χ1v) is 6.63. The Morgan fingerprint density at radius 2 is 1.74 bits per heavy atom. The van der Waals surface area contributed by atoms with Gasteiger partial charge in [0, 0.05) is 12.8 Å². The highest BCUT2D eigenvalue weighted by Crippen LogP contribution is 2.39. The van der Waals surface area contributed by atoms with Crippen LogP contribution in [0.4, 0.5) is 0 Å². The Hall–Kier alpha value is -1.51. The second-order valence-corrected chi connectivity index (χ2v) is 5.41. The molecule has 2 aromatic rings. The summed E-state index contributed by atoms with van der Waals surface area (Å²) in [4.78, 5) is 0. The minimum absolute atomic E-state index is 0.561. The molecule has 0 saturated heterocycles. The quantitative estimate of drug-likeness (QED) is 0.910. The molecule has 0 amide bonds. The van der Waals surface area contributed by atoms with Crippen molar-refractivity contribution < 1.29 is 9.84 Å². The van der Waals surface area contributed by atoms with E-state index in [1.54, 1.807) is 13.2 Å². The average molecular weight is 275 g/mol. The van der Waals surface area contributed by atoms with Gasteiger partial charge in [0.15, 0.2) is 0 Å². The van der Waals surface area contributed by atoms with Gasteiger partial charge in [0.25, 0.3) is 0 Å². The van der Waals surface area contributed by atoms with Crippen LogP contribution in [0.2, 0.25) is 5.02 Å². The predicted octanol–water partition coefficient (Wildman–Crippen LogP) is 3.34. The fourth-order valence-corrected chi connectivity index (χ4v) is 2.94. The molecule has 1 N–H and O–H groups in total. The van der Waals surface area contributed by atoms with Crippen LogP contribution in [0.5, 0.6) is 5.75 Å². The van der Waals surface area contributed by atoms with Crippen LogP contribution in [0.3, 0.4) is 0 Å². The minimum Gasteiger partial charge on any atom is -0.495 e. The molecule has 0 aromatic heterocycles. The summed E-state index contributed by atoms with van der Waals surface area (Å²) in [6.45, 7) is 0. The monoisotopic (exact) mass is 274 g/mol. The Morgan fingerprint density at radius 1 is 1.11 bits per heavy atom. The van der Waals surface area contributed by atoms with Crippen LogP contribution in [0.1, 0.15) is 16.7 Å². The summed E-state index contributed by atoms with van der Waals surface area (Å²) < 4.78 is 5.22. The Morgan fingerprint density at radius 3 is 2.32 bits per heavy atom. The van der Waals surface area contributed by atoms with Crippen molar-refractivity contribution in [3.8, 4) is 5.75 Å². The average Bonchev–Trinajstić information content (AvgIpc) is 2.76. The molecule has 3 rings (SSSR count). The number of benzene rings is 2. The van der Waals surface area contributed by atoms with Crippen LogP contribution in [0, 0.1) is 0 Å². The molecule has 2 nitrogen and oxygen atoms in total. The summed E-state index contributed by atoms with van der Waals surface area (Å²) in [6, 6.07) is 13.6. The molecule has 0 spiro atoms. The summed E-state index contributed by atoms with van der Waals surface area (Å²) in [5, 5.41) is 11.5. The van der Waals surface area contributed by atoms with Crippen molar-refractivity contribution >= 4 is 11.6 Å². The van der Waals surface area contributed by atoms with Gasteiger partial charge in [0.2, 0.25) is 0 Å². The topological polar surface area (TPSA) is 29.5 Å². The van der Waals surface area contributed by atoms with Crippen LogP contribution in [-0.4, -0.2) is 12.2 Å². The Kier molecular flexibility index (Phi) is 3.00. The fraction of sp³-hybridized carbons (Fsp3) is 0.250. The first-order valence-electron chi connectivity index (χ1n) is 6.25. The first-order chi connectivity index (χ1) is 9.12. The van der Waals surface area contributed by atoms with Crippen molar-refractivity contribution in [3.05, 3.63) is 64.2 Å². The molecular formula is C16H15ClO2. The maximum Gasteiger partial charge on any atom is 0.137 e. The third kappa shape index (κ3) is 2.11. The van der Waals surface area contributed by atoms with Crippen LogP contribution in [0.25, 0.3) is 0 Å². The van der Waals surface area contributed by atoms with Gasteiger partial charge < -0.3 is 9.84 Å². The second-order valence-electron chi connectivity index (χ2n) is 5.00. The van der Waals surface area contributed by atoms with Crippen LogP contribution in [0.15, 0.2) is 42.5 Å². The molecule has 0 aliphatic heterocycles. The Bertz CT molecular complexity index is 597. The molecular weight excluding hydrogens is 260 g/mol. The number of hydrogen-bond acceptors (Lipinski definition) is 2. The highest BCUT2D eigenvalue weighted by molar-refractivity contribution is 6.32. The molecule has 98 valence electrons. The zero-order chi connectivity index (χ0) is 13.5. The number of hydrogen-bond donors (Lipinski definition) is 1. The molecule has 0 atom stereocenters. The lowest BCUT2D eigenvalue weighted by molar-refractivity contribution is 0.0480. The molecule has 0 heterocycles. The van der Waals surface area contributed by atoms with Gasteiger partial charge in [0.05, 0.1) is 17.7 Å². The molecule has 3 heteroatoms. The number of ether oxygens (including phenoxy) is 1. The maximum absolute atomic E-state index is 10.9. The first kappa shape index (κ1) is 12.5. The summed E-state index contributed by atoms with van der Waals surface area (Å²) in [6.07, 6.45) is 1.27. The molecule has 0 unspecified atom stereocenters. The molecule has 0 bridgehead atoms. The van der Waals surface area contributed by atoms with E-state index in [-0.39, 0.29) is 0 Å². The van der Waals surface area contributed by atoms with E-state index in [9.17, 15) is 5.11 Å². The highest BCUT2D eigenvalue weighted by atomic mass is 35.5. The molecule has 2 aromatic carbocycles. The molecule has 19 heavy (non-hydrogen) atoms. The summed E-state index contributed by atoms with van der Waals surface area (Å²) in [5.41, 5.74) is 2.41. The van der Waals surface area contributed by atoms with Crippen molar-refractivity contribution in [1.29, 1.82) is 0 Å². The third-order valence-corrected chi connectivity index (χ3v) is 4.08. The fourth-order valence-electron chi connectivity index (χ4n) is 2.75. The Balaban J connectivity index is 2.00. The van der Waals surface area contributed by atoms with Crippen molar-refractivity contribution in [1.82, 2.24) is 0 Å². The van der Waals surface area contributed by atoms with E-state index < -0.39 is 5.60 Å². The van der Waals surface area contributed by atoms with E-state index in [0.29, 0.717) is 23.6 Å². The molecule has 0 saturated carbocycles. The van der Waals surface area contributed by atoms with Gasteiger partial charge in [-0.25, -0.2) is 0 Å². The zero-order valence-corrected chi connectivity index (χ0v) is 11.4. The summed E-state index contributed by atoms with van der Waals surface area (Å²) >= 11 is 6.03. The van der Waals surface area contributed by atoms with Crippen LogP contribution >= 0.6 is 11.6 Å². The Labute approximate surface area is 117 Å². The van der Waals surface area contributed by atoms with Gasteiger partial charge in [-0.3, -0.25) is 0 Å². The summed E-state index contributed by atoms with van der Waals surface area (Å²) in [5.74, 6) is 0.601.